The number of pyridine rings is 2. The van der Waals surface area contributed by atoms with Gasteiger partial charge in [-0.05, 0) is 37.0 Å². The van der Waals surface area contributed by atoms with Crippen molar-refractivity contribution in [1.29, 1.82) is 0 Å². The van der Waals surface area contributed by atoms with Crippen LogP contribution < -0.4 is 9.47 Å². The fourth-order valence-electron chi connectivity index (χ4n) is 4.11. The predicted octanol–water partition coefficient (Wildman–Crippen LogP) is 2.68. The lowest BCUT2D eigenvalue weighted by atomic mass is 9.79. The first-order chi connectivity index (χ1) is 13.2. The maximum atomic E-state index is 13.6. The first kappa shape index (κ1) is 18.1. The van der Waals surface area contributed by atoms with Gasteiger partial charge in [0.2, 0.25) is 11.8 Å². The number of hydrogen-bond acceptors (Lipinski definition) is 6. The first-order valence-corrected chi connectivity index (χ1v) is 9.28. The Bertz CT molecular complexity index is 783. The summed E-state index contributed by atoms with van der Waals surface area (Å²) < 4.78 is 30.6. The molecule has 144 valence electrons. The maximum Gasteiger partial charge on any atom is 0.250 e. The summed E-state index contributed by atoms with van der Waals surface area (Å²) in [6.07, 6.45) is 5.12. The van der Waals surface area contributed by atoms with Gasteiger partial charge in [-0.3, -0.25) is 4.90 Å². The second-order valence-corrected chi connectivity index (χ2v) is 7.14. The molecular weight excluding hydrogens is 349 g/mol. The maximum absolute atomic E-state index is 13.6. The van der Waals surface area contributed by atoms with E-state index in [1.54, 1.807) is 19.4 Å². The highest BCUT2D eigenvalue weighted by atomic mass is 19.1. The molecule has 0 radical (unpaired) electrons. The van der Waals surface area contributed by atoms with Gasteiger partial charge in [0.05, 0.1) is 19.3 Å². The molecule has 27 heavy (non-hydrogen) atoms. The zero-order valence-electron chi connectivity index (χ0n) is 15.4. The monoisotopic (exact) mass is 373 g/mol. The number of nitrogens with zero attached hydrogens (tertiary/aromatic N) is 3. The zero-order chi connectivity index (χ0) is 18.7. The molecule has 0 amide bonds. The van der Waals surface area contributed by atoms with E-state index in [0.717, 1.165) is 44.6 Å². The molecule has 0 aromatic carbocycles. The normalized spacial score (nSPS) is 21.2. The second kappa shape index (κ2) is 7.78. The van der Waals surface area contributed by atoms with Crippen LogP contribution in [0.1, 0.15) is 18.4 Å². The van der Waals surface area contributed by atoms with Crippen molar-refractivity contribution in [3.8, 4) is 11.8 Å². The Balaban J connectivity index is 1.30. The van der Waals surface area contributed by atoms with Crippen LogP contribution in [0.4, 0.5) is 4.39 Å². The van der Waals surface area contributed by atoms with E-state index in [1.165, 1.54) is 12.3 Å². The number of ether oxygens (including phenoxy) is 3. The molecule has 4 rings (SSSR count). The van der Waals surface area contributed by atoms with Gasteiger partial charge in [-0.25, -0.2) is 14.4 Å². The van der Waals surface area contributed by atoms with Gasteiger partial charge < -0.3 is 14.2 Å². The van der Waals surface area contributed by atoms with Crippen LogP contribution in [0.25, 0.3) is 0 Å². The van der Waals surface area contributed by atoms with Crippen LogP contribution in [0.5, 0.6) is 11.8 Å². The van der Waals surface area contributed by atoms with Crippen LogP contribution in [-0.2, 0) is 11.3 Å². The largest absolute Gasteiger partial charge is 0.481 e. The molecule has 7 heteroatoms. The van der Waals surface area contributed by atoms with E-state index in [9.17, 15) is 4.39 Å². The molecule has 2 aromatic heterocycles. The van der Waals surface area contributed by atoms with Crippen LogP contribution in [0, 0.1) is 11.7 Å². The molecule has 2 fully saturated rings. The molecule has 1 atom stereocenters. The van der Waals surface area contributed by atoms with E-state index in [4.69, 9.17) is 14.2 Å². The standard InChI is InChI=1S/C20H24FN3O3/c1-25-18-15(4-2-8-22-18)12-24-13-20(14-24)16(7-11-27-20)6-10-26-19-17(21)5-3-9-23-19/h2-5,8-9,16H,6-7,10-14H2,1H3. The van der Waals surface area contributed by atoms with Gasteiger partial charge in [-0.1, -0.05) is 6.07 Å². The van der Waals surface area contributed by atoms with Crippen molar-refractivity contribution >= 4 is 0 Å². The lowest BCUT2D eigenvalue weighted by Crippen LogP contribution is -2.64. The molecule has 0 saturated carbocycles. The molecule has 2 aliphatic heterocycles. The van der Waals surface area contributed by atoms with Crippen molar-refractivity contribution in [3.63, 3.8) is 0 Å². The second-order valence-electron chi connectivity index (χ2n) is 7.14. The summed E-state index contributed by atoms with van der Waals surface area (Å²) in [7, 11) is 1.64. The molecule has 0 N–H and O–H groups in total. The third kappa shape index (κ3) is 3.75. The number of likely N-dealkylation sites (tertiary alicyclic amines) is 1. The Morgan fingerprint density at radius 1 is 1.22 bits per heavy atom. The van der Waals surface area contributed by atoms with Crippen LogP contribution in [0.2, 0.25) is 0 Å². The van der Waals surface area contributed by atoms with Crippen LogP contribution in [0.15, 0.2) is 36.7 Å². The summed E-state index contributed by atoms with van der Waals surface area (Å²) >= 11 is 0. The number of methoxy groups -OCH3 is 1. The van der Waals surface area contributed by atoms with E-state index >= 15 is 0 Å². The summed E-state index contributed by atoms with van der Waals surface area (Å²) in [6.45, 7) is 3.78. The van der Waals surface area contributed by atoms with Gasteiger partial charge in [0.1, 0.15) is 0 Å². The fraction of sp³-hybridized carbons (Fsp3) is 0.500. The van der Waals surface area contributed by atoms with Crippen molar-refractivity contribution in [2.45, 2.75) is 25.0 Å². The number of hydrogen-bond donors (Lipinski definition) is 0. The molecular formula is C20H24FN3O3. The zero-order valence-corrected chi connectivity index (χ0v) is 15.4. The first-order valence-electron chi connectivity index (χ1n) is 9.28. The lowest BCUT2D eigenvalue weighted by Gasteiger charge is -2.50. The Morgan fingerprint density at radius 3 is 2.78 bits per heavy atom. The Hall–Kier alpha value is -2.25. The van der Waals surface area contributed by atoms with Crippen LogP contribution >= 0.6 is 0 Å². The molecule has 4 heterocycles. The minimum Gasteiger partial charge on any atom is -0.481 e. The predicted molar refractivity (Wildman–Crippen MR) is 97.2 cm³/mol. The minimum absolute atomic E-state index is 0.0735. The number of rotatable bonds is 7. The highest BCUT2D eigenvalue weighted by molar-refractivity contribution is 5.26. The van der Waals surface area contributed by atoms with Crippen molar-refractivity contribution in [3.05, 3.63) is 48.0 Å². The molecule has 0 bridgehead atoms. The van der Waals surface area contributed by atoms with E-state index in [0.29, 0.717) is 18.4 Å². The van der Waals surface area contributed by atoms with Gasteiger partial charge in [-0.2, -0.15) is 0 Å². The summed E-state index contributed by atoms with van der Waals surface area (Å²) in [5.41, 5.74) is 0.972. The van der Waals surface area contributed by atoms with Gasteiger partial charge in [-0.15, -0.1) is 0 Å². The van der Waals surface area contributed by atoms with Crippen LogP contribution in [-0.4, -0.2) is 53.9 Å². The van der Waals surface area contributed by atoms with Crippen LogP contribution in [0.3, 0.4) is 0 Å². The third-order valence-corrected chi connectivity index (χ3v) is 5.45. The molecule has 2 saturated heterocycles. The molecule has 2 aliphatic rings. The average Bonchev–Trinajstić information content (AvgIpc) is 3.07. The van der Waals surface area contributed by atoms with E-state index in [-0.39, 0.29) is 11.5 Å². The SMILES string of the molecule is COc1ncccc1CN1CC2(C1)OCCC2CCOc1ncccc1F. The summed E-state index contributed by atoms with van der Waals surface area (Å²) in [5, 5.41) is 0. The summed E-state index contributed by atoms with van der Waals surface area (Å²) in [5.74, 6) is 0.740. The molecule has 1 spiro atoms. The molecule has 0 aliphatic carbocycles. The topological polar surface area (TPSA) is 56.7 Å². The van der Waals surface area contributed by atoms with Crippen molar-refractivity contribution in [2.75, 3.05) is 33.4 Å². The van der Waals surface area contributed by atoms with Gasteiger partial charge >= 0.3 is 0 Å². The Kier molecular flexibility index (Phi) is 5.22. The molecule has 6 nitrogen and oxygen atoms in total. The highest BCUT2D eigenvalue weighted by Crippen LogP contribution is 2.42. The molecule has 1 unspecified atom stereocenters. The summed E-state index contributed by atoms with van der Waals surface area (Å²) in [6, 6.07) is 6.89. The number of halogens is 1. The van der Waals surface area contributed by atoms with E-state index in [1.807, 2.05) is 12.1 Å². The third-order valence-electron chi connectivity index (χ3n) is 5.45. The van der Waals surface area contributed by atoms with Crippen molar-refractivity contribution in [2.24, 2.45) is 5.92 Å². The average molecular weight is 373 g/mol. The Morgan fingerprint density at radius 2 is 2.00 bits per heavy atom. The van der Waals surface area contributed by atoms with Crippen molar-refractivity contribution in [1.82, 2.24) is 14.9 Å². The highest BCUT2D eigenvalue weighted by Gasteiger charge is 2.52. The smallest absolute Gasteiger partial charge is 0.250 e. The fourth-order valence-corrected chi connectivity index (χ4v) is 4.11. The summed E-state index contributed by atoms with van der Waals surface area (Å²) in [4.78, 5) is 10.5. The van der Waals surface area contributed by atoms with Crippen molar-refractivity contribution < 1.29 is 18.6 Å². The quantitative estimate of drug-likeness (QED) is 0.744. The van der Waals surface area contributed by atoms with E-state index < -0.39 is 5.82 Å². The number of aromatic nitrogens is 2. The van der Waals surface area contributed by atoms with Gasteiger partial charge in [0.15, 0.2) is 5.82 Å². The van der Waals surface area contributed by atoms with Gasteiger partial charge in [0, 0.05) is 44.2 Å². The lowest BCUT2D eigenvalue weighted by molar-refractivity contribution is -0.138. The van der Waals surface area contributed by atoms with Gasteiger partial charge in [0.25, 0.3) is 0 Å². The Labute approximate surface area is 158 Å². The molecule has 2 aromatic rings. The van der Waals surface area contributed by atoms with E-state index in [2.05, 4.69) is 14.9 Å². The minimum atomic E-state index is -0.421.